The topological polar surface area (TPSA) is 15.3 Å². The van der Waals surface area contributed by atoms with Crippen LogP contribution in [0.5, 0.6) is 0 Å². The number of hydrogen-bond donors (Lipinski definition) is 1. The van der Waals surface area contributed by atoms with Crippen molar-refractivity contribution in [1.82, 2.24) is 10.2 Å². The van der Waals surface area contributed by atoms with E-state index < -0.39 is 0 Å². The summed E-state index contributed by atoms with van der Waals surface area (Å²) in [6.07, 6.45) is 1.35. The zero-order chi connectivity index (χ0) is 9.38. The Balaban J connectivity index is 1.69. The van der Waals surface area contributed by atoms with Crippen LogP contribution >= 0.6 is 0 Å². The highest BCUT2D eigenvalue weighted by molar-refractivity contribution is 5.15. The Bertz CT molecular complexity index is 309. The fourth-order valence-electron chi connectivity index (χ4n) is 2.66. The second-order valence-electron chi connectivity index (χ2n) is 4.41. The Morgan fingerprint density at radius 3 is 2.79 bits per heavy atom. The first kappa shape index (κ1) is 8.45. The van der Waals surface area contributed by atoms with Crippen LogP contribution in [0.1, 0.15) is 12.0 Å². The molecule has 0 radical (unpaired) electrons. The SMILES string of the molecule is c1ccc(CN2C[C@H]3C[C@@H]2CN3)cc1. The van der Waals surface area contributed by atoms with Gasteiger partial charge in [-0.3, -0.25) is 4.90 Å². The van der Waals surface area contributed by atoms with Gasteiger partial charge < -0.3 is 5.32 Å². The maximum Gasteiger partial charge on any atom is 0.0240 e. The van der Waals surface area contributed by atoms with E-state index in [-0.39, 0.29) is 0 Å². The van der Waals surface area contributed by atoms with Crippen molar-refractivity contribution in [3.63, 3.8) is 0 Å². The summed E-state index contributed by atoms with van der Waals surface area (Å²) >= 11 is 0. The molecule has 0 aromatic heterocycles. The van der Waals surface area contributed by atoms with Gasteiger partial charge in [-0.15, -0.1) is 0 Å². The van der Waals surface area contributed by atoms with Gasteiger partial charge in [-0.1, -0.05) is 30.3 Å². The standard InChI is InChI=1S/C12H16N2/c1-2-4-10(5-3-1)8-14-9-11-6-12(14)7-13-11/h1-5,11-13H,6-9H2/t11-,12-/m1/s1. The van der Waals surface area contributed by atoms with Crippen molar-refractivity contribution < 1.29 is 0 Å². The molecular formula is C12H16N2. The lowest BCUT2D eigenvalue weighted by atomic mass is 10.2. The zero-order valence-electron chi connectivity index (χ0n) is 8.32. The smallest absolute Gasteiger partial charge is 0.0240 e. The van der Waals surface area contributed by atoms with Gasteiger partial charge in [-0.2, -0.15) is 0 Å². The number of hydrogen-bond acceptors (Lipinski definition) is 2. The highest BCUT2D eigenvalue weighted by atomic mass is 15.3. The van der Waals surface area contributed by atoms with Crippen molar-refractivity contribution >= 4 is 0 Å². The van der Waals surface area contributed by atoms with Crippen molar-refractivity contribution in [3.05, 3.63) is 35.9 Å². The number of nitrogens with one attached hydrogen (secondary N) is 1. The van der Waals surface area contributed by atoms with Crippen LogP contribution in [0.4, 0.5) is 0 Å². The normalized spacial score (nSPS) is 31.1. The molecule has 2 aliphatic heterocycles. The van der Waals surface area contributed by atoms with E-state index in [4.69, 9.17) is 0 Å². The maximum atomic E-state index is 3.53. The van der Waals surface area contributed by atoms with E-state index in [1.54, 1.807) is 0 Å². The van der Waals surface area contributed by atoms with Gasteiger partial charge in [-0.05, 0) is 12.0 Å². The first-order valence-corrected chi connectivity index (χ1v) is 5.43. The van der Waals surface area contributed by atoms with E-state index in [0.717, 1.165) is 18.6 Å². The largest absolute Gasteiger partial charge is 0.311 e. The molecule has 3 rings (SSSR count). The van der Waals surface area contributed by atoms with Crippen molar-refractivity contribution in [2.75, 3.05) is 13.1 Å². The number of rotatable bonds is 2. The predicted molar refractivity (Wildman–Crippen MR) is 57.0 cm³/mol. The number of benzene rings is 1. The predicted octanol–water partition coefficient (Wildman–Crippen LogP) is 1.23. The second kappa shape index (κ2) is 3.37. The molecule has 2 bridgehead atoms. The Morgan fingerprint density at radius 2 is 2.14 bits per heavy atom. The van der Waals surface area contributed by atoms with Crippen molar-refractivity contribution in [2.24, 2.45) is 0 Å². The van der Waals surface area contributed by atoms with Gasteiger partial charge in [-0.25, -0.2) is 0 Å². The summed E-state index contributed by atoms with van der Waals surface area (Å²) in [4.78, 5) is 2.61. The van der Waals surface area contributed by atoms with Gasteiger partial charge >= 0.3 is 0 Å². The van der Waals surface area contributed by atoms with E-state index in [1.165, 1.54) is 25.1 Å². The Kier molecular flexibility index (Phi) is 2.03. The molecule has 2 nitrogen and oxygen atoms in total. The van der Waals surface area contributed by atoms with Crippen molar-refractivity contribution in [1.29, 1.82) is 0 Å². The third kappa shape index (κ3) is 1.45. The Hall–Kier alpha value is -0.860. The molecule has 74 valence electrons. The van der Waals surface area contributed by atoms with E-state index >= 15 is 0 Å². The van der Waals surface area contributed by atoms with Gasteiger partial charge in [0, 0.05) is 31.7 Å². The van der Waals surface area contributed by atoms with Crippen LogP contribution in [-0.4, -0.2) is 30.1 Å². The lowest BCUT2D eigenvalue weighted by molar-refractivity contribution is 0.218. The summed E-state index contributed by atoms with van der Waals surface area (Å²) in [5.74, 6) is 0. The van der Waals surface area contributed by atoms with E-state index in [9.17, 15) is 0 Å². The molecule has 0 amide bonds. The van der Waals surface area contributed by atoms with Gasteiger partial charge in [0.05, 0.1) is 0 Å². The minimum Gasteiger partial charge on any atom is -0.311 e. The molecule has 0 unspecified atom stereocenters. The second-order valence-corrected chi connectivity index (χ2v) is 4.41. The minimum absolute atomic E-state index is 0.767. The molecule has 2 heteroatoms. The van der Waals surface area contributed by atoms with E-state index in [1.807, 2.05) is 0 Å². The first-order valence-electron chi connectivity index (χ1n) is 5.43. The molecule has 1 aromatic rings. The number of piperazine rings is 1. The molecule has 1 aromatic carbocycles. The average Bonchev–Trinajstić information content (AvgIpc) is 2.81. The van der Waals surface area contributed by atoms with Crippen LogP contribution in [0.2, 0.25) is 0 Å². The molecule has 2 aliphatic rings. The molecule has 2 atom stereocenters. The quantitative estimate of drug-likeness (QED) is 0.751. The zero-order valence-corrected chi connectivity index (χ0v) is 8.32. The van der Waals surface area contributed by atoms with E-state index in [0.29, 0.717) is 0 Å². The molecule has 0 aliphatic carbocycles. The van der Waals surface area contributed by atoms with Crippen molar-refractivity contribution in [2.45, 2.75) is 25.0 Å². The fourth-order valence-corrected chi connectivity index (χ4v) is 2.66. The average molecular weight is 188 g/mol. The third-order valence-corrected chi connectivity index (χ3v) is 3.40. The number of nitrogens with zero attached hydrogens (tertiary/aromatic N) is 1. The summed E-state index contributed by atoms with van der Waals surface area (Å²) in [5.41, 5.74) is 1.44. The first-order chi connectivity index (χ1) is 6.92. The van der Waals surface area contributed by atoms with E-state index in [2.05, 4.69) is 40.5 Å². The van der Waals surface area contributed by atoms with Crippen LogP contribution < -0.4 is 5.32 Å². The van der Waals surface area contributed by atoms with Crippen molar-refractivity contribution in [3.8, 4) is 0 Å². The van der Waals surface area contributed by atoms with Gasteiger partial charge in [0.1, 0.15) is 0 Å². The molecule has 1 N–H and O–H groups in total. The maximum absolute atomic E-state index is 3.53. The highest BCUT2D eigenvalue weighted by Gasteiger charge is 2.36. The molecule has 0 spiro atoms. The minimum atomic E-state index is 0.767. The summed E-state index contributed by atoms with van der Waals surface area (Å²) in [5, 5.41) is 3.53. The molecule has 2 fully saturated rings. The Morgan fingerprint density at radius 1 is 1.29 bits per heavy atom. The lowest BCUT2D eigenvalue weighted by Crippen LogP contribution is -2.42. The molecular weight excluding hydrogens is 172 g/mol. The number of likely N-dealkylation sites (tertiary alicyclic amines) is 1. The Labute approximate surface area is 84.9 Å². The lowest BCUT2D eigenvalue weighted by Gasteiger charge is -2.27. The van der Waals surface area contributed by atoms with Gasteiger partial charge in [0.2, 0.25) is 0 Å². The van der Waals surface area contributed by atoms with Crippen LogP contribution in [0.15, 0.2) is 30.3 Å². The molecule has 2 heterocycles. The monoisotopic (exact) mass is 188 g/mol. The fraction of sp³-hybridized carbons (Fsp3) is 0.500. The number of fused-ring (bicyclic) bond motifs is 2. The summed E-state index contributed by atoms with van der Waals surface area (Å²) in [6.45, 7) is 3.56. The van der Waals surface area contributed by atoms with Gasteiger partial charge in [0.25, 0.3) is 0 Å². The summed E-state index contributed by atoms with van der Waals surface area (Å²) in [7, 11) is 0. The molecule has 14 heavy (non-hydrogen) atoms. The van der Waals surface area contributed by atoms with Crippen LogP contribution in [0.25, 0.3) is 0 Å². The third-order valence-electron chi connectivity index (χ3n) is 3.40. The van der Waals surface area contributed by atoms with Crippen LogP contribution in [0, 0.1) is 0 Å². The summed E-state index contributed by atoms with van der Waals surface area (Å²) < 4.78 is 0. The molecule has 2 saturated heterocycles. The highest BCUT2D eigenvalue weighted by Crippen LogP contribution is 2.24. The van der Waals surface area contributed by atoms with Crippen LogP contribution in [0.3, 0.4) is 0 Å². The van der Waals surface area contributed by atoms with Gasteiger partial charge in [0.15, 0.2) is 0 Å². The summed E-state index contributed by atoms with van der Waals surface area (Å²) in [6, 6.07) is 12.3. The van der Waals surface area contributed by atoms with Crippen LogP contribution in [-0.2, 0) is 6.54 Å². The molecule has 0 saturated carbocycles.